The molecule has 0 aromatic heterocycles. The maximum absolute atomic E-state index is 5.83. The number of rotatable bonds is 0. The number of hydrogen-bond acceptors (Lipinski definition) is 0. The zero-order valence-corrected chi connectivity index (χ0v) is 7.04. The minimum atomic E-state index is 0.858. The zero-order valence-electron chi connectivity index (χ0n) is 7.04. The Kier molecular flexibility index (Phi) is 1.65. The Morgan fingerprint density at radius 3 is 2.25 bits per heavy atom. The molecule has 0 bridgehead atoms. The summed E-state index contributed by atoms with van der Waals surface area (Å²) in [4.78, 5) is 0. The van der Waals surface area contributed by atoms with Gasteiger partial charge in [0, 0.05) is 0 Å². The highest BCUT2D eigenvalue weighted by Gasteiger charge is 1.96. The van der Waals surface area contributed by atoms with E-state index in [9.17, 15) is 0 Å². The molecule has 1 heteroatoms. The van der Waals surface area contributed by atoms with Crippen molar-refractivity contribution in [3.05, 3.63) is 42.0 Å². The average Bonchev–Trinajstić information content (AvgIpc) is 2.12. The van der Waals surface area contributed by atoms with E-state index in [1.54, 1.807) is 0 Å². The van der Waals surface area contributed by atoms with Crippen LogP contribution in [0.1, 0.15) is 5.56 Å². The molecular formula is C11H9B. The van der Waals surface area contributed by atoms with Crippen molar-refractivity contribution in [2.45, 2.75) is 6.92 Å². The van der Waals surface area contributed by atoms with E-state index in [0.717, 1.165) is 10.8 Å². The van der Waals surface area contributed by atoms with Crippen molar-refractivity contribution >= 4 is 24.1 Å². The summed E-state index contributed by atoms with van der Waals surface area (Å²) in [5.74, 6) is 0. The lowest BCUT2D eigenvalue weighted by Crippen LogP contribution is -2.03. The highest BCUT2D eigenvalue weighted by Crippen LogP contribution is 2.14. The first-order valence-corrected chi connectivity index (χ1v) is 4.03. The molecule has 0 unspecified atom stereocenters. The molecule has 2 aromatic rings. The second kappa shape index (κ2) is 2.67. The minimum absolute atomic E-state index is 0.858. The van der Waals surface area contributed by atoms with Crippen molar-refractivity contribution in [1.29, 1.82) is 0 Å². The first kappa shape index (κ1) is 7.42. The summed E-state index contributed by atoms with van der Waals surface area (Å²) in [6.45, 7) is 2.10. The third-order valence-corrected chi connectivity index (χ3v) is 2.18. The zero-order chi connectivity index (χ0) is 8.55. The van der Waals surface area contributed by atoms with Gasteiger partial charge >= 0.3 is 0 Å². The molecule has 2 aromatic carbocycles. The lowest BCUT2D eigenvalue weighted by Gasteiger charge is -2.04. The van der Waals surface area contributed by atoms with Crippen LogP contribution in [-0.2, 0) is 0 Å². The number of fused-ring (bicyclic) bond motifs is 1. The quantitative estimate of drug-likeness (QED) is 0.506. The van der Waals surface area contributed by atoms with Crippen LogP contribution >= 0.6 is 0 Å². The maximum atomic E-state index is 5.83. The highest BCUT2D eigenvalue weighted by molar-refractivity contribution is 6.38. The van der Waals surface area contributed by atoms with E-state index in [2.05, 4.69) is 25.1 Å². The van der Waals surface area contributed by atoms with Gasteiger partial charge in [-0.1, -0.05) is 41.9 Å². The molecule has 0 aliphatic rings. The minimum Gasteiger partial charge on any atom is -0.0890 e. The third-order valence-electron chi connectivity index (χ3n) is 2.18. The van der Waals surface area contributed by atoms with Gasteiger partial charge in [-0.25, -0.2) is 0 Å². The summed E-state index contributed by atoms with van der Waals surface area (Å²) >= 11 is 0. The highest BCUT2D eigenvalue weighted by atomic mass is 14.0. The van der Waals surface area contributed by atoms with E-state index >= 15 is 0 Å². The van der Waals surface area contributed by atoms with Gasteiger partial charge in [-0.05, 0) is 23.3 Å². The van der Waals surface area contributed by atoms with Crippen molar-refractivity contribution < 1.29 is 0 Å². The van der Waals surface area contributed by atoms with Crippen LogP contribution in [0, 0.1) is 6.92 Å². The lowest BCUT2D eigenvalue weighted by molar-refractivity contribution is 1.54. The standard InChI is InChI=1S/C11H9B/c1-8-6-7-11(12)10-5-3-2-4-9(8)10/h2-7H,1H3. The number of hydrogen-bond donors (Lipinski definition) is 0. The summed E-state index contributed by atoms with van der Waals surface area (Å²) in [6, 6.07) is 12.2. The predicted octanol–water partition coefficient (Wildman–Crippen LogP) is 1.94. The smallest absolute Gasteiger partial charge is 0.0890 e. The molecule has 0 heterocycles. The van der Waals surface area contributed by atoms with Crippen LogP contribution < -0.4 is 5.46 Å². The van der Waals surface area contributed by atoms with E-state index in [-0.39, 0.29) is 0 Å². The molecule has 0 spiro atoms. The van der Waals surface area contributed by atoms with Crippen molar-refractivity contribution in [3.8, 4) is 0 Å². The SMILES string of the molecule is [B]c1ccc(C)c2ccccc12. The summed E-state index contributed by atoms with van der Waals surface area (Å²) in [5, 5.41) is 2.40. The van der Waals surface area contributed by atoms with Crippen molar-refractivity contribution in [2.75, 3.05) is 0 Å². The Hall–Kier alpha value is -1.24. The van der Waals surface area contributed by atoms with Crippen molar-refractivity contribution in [1.82, 2.24) is 0 Å². The molecule has 0 atom stereocenters. The van der Waals surface area contributed by atoms with Crippen LogP contribution in [0.4, 0.5) is 0 Å². The van der Waals surface area contributed by atoms with Gasteiger partial charge in [0.25, 0.3) is 0 Å². The summed E-state index contributed by atoms with van der Waals surface area (Å²) < 4.78 is 0. The Bertz CT molecular complexity index is 378. The molecule has 0 fully saturated rings. The number of aryl methyl sites for hydroxylation is 1. The fourth-order valence-electron chi connectivity index (χ4n) is 1.47. The van der Waals surface area contributed by atoms with Crippen LogP contribution in [0.5, 0.6) is 0 Å². The van der Waals surface area contributed by atoms with E-state index < -0.39 is 0 Å². The Labute approximate surface area is 73.6 Å². The predicted molar refractivity (Wildman–Crippen MR) is 54.1 cm³/mol. The van der Waals surface area contributed by atoms with E-state index in [0.29, 0.717) is 0 Å². The molecular weight excluding hydrogens is 143 g/mol. The van der Waals surface area contributed by atoms with Crippen LogP contribution in [0.2, 0.25) is 0 Å². The fraction of sp³-hybridized carbons (Fsp3) is 0.0909. The molecule has 0 aliphatic heterocycles. The molecule has 2 rings (SSSR count). The Morgan fingerprint density at radius 2 is 1.58 bits per heavy atom. The normalized spacial score (nSPS) is 10.4. The molecule has 2 radical (unpaired) electrons. The molecule has 0 saturated heterocycles. The topological polar surface area (TPSA) is 0 Å². The van der Waals surface area contributed by atoms with Gasteiger partial charge in [0.1, 0.15) is 7.85 Å². The summed E-state index contributed by atoms with van der Waals surface area (Å²) in [6.07, 6.45) is 0. The first-order chi connectivity index (χ1) is 5.79. The van der Waals surface area contributed by atoms with Gasteiger partial charge in [-0.15, -0.1) is 0 Å². The summed E-state index contributed by atoms with van der Waals surface area (Å²) in [5.41, 5.74) is 2.14. The van der Waals surface area contributed by atoms with Gasteiger partial charge in [0.15, 0.2) is 0 Å². The van der Waals surface area contributed by atoms with Gasteiger partial charge < -0.3 is 0 Å². The van der Waals surface area contributed by atoms with E-state index in [1.165, 1.54) is 10.9 Å². The molecule has 0 N–H and O–H groups in total. The summed E-state index contributed by atoms with van der Waals surface area (Å²) in [7, 11) is 5.83. The molecule has 0 aliphatic carbocycles. The lowest BCUT2D eigenvalue weighted by atomic mass is 9.88. The second-order valence-corrected chi connectivity index (χ2v) is 3.02. The van der Waals surface area contributed by atoms with Gasteiger partial charge in [-0.3, -0.25) is 0 Å². The molecule has 0 amide bonds. The largest absolute Gasteiger partial charge is 0.114 e. The average molecular weight is 152 g/mol. The van der Waals surface area contributed by atoms with Crippen molar-refractivity contribution in [3.63, 3.8) is 0 Å². The Balaban J connectivity index is 2.95. The fourth-order valence-corrected chi connectivity index (χ4v) is 1.47. The maximum Gasteiger partial charge on any atom is 0.114 e. The van der Waals surface area contributed by atoms with Crippen LogP contribution in [-0.4, -0.2) is 7.85 Å². The van der Waals surface area contributed by atoms with Gasteiger partial charge in [-0.2, -0.15) is 0 Å². The van der Waals surface area contributed by atoms with Crippen LogP contribution in [0.25, 0.3) is 10.8 Å². The first-order valence-electron chi connectivity index (χ1n) is 4.03. The van der Waals surface area contributed by atoms with Gasteiger partial charge in [0.2, 0.25) is 0 Å². The third kappa shape index (κ3) is 1.02. The van der Waals surface area contributed by atoms with Crippen molar-refractivity contribution in [2.24, 2.45) is 0 Å². The molecule has 56 valence electrons. The van der Waals surface area contributed by atoms with Gasteiger partial charge in [0.05, 0.1) is 0 Å². The number of benzene rings is 2. The molecule has 0 saturated carbocycles. The van der Waals surface area contributed by atoms with E-state index in [4.69, 9.17) is 7.85 Å². The van der Waals surface area contributed by atoms with Crippen LogP contribution in [0.3, 0.4) is 0 Å². The molecule has 0 nitrogen and oxygen atoms in total. The van der Waals surface area contributed by atoms with Crippen LogP contribution in [0.15, 0.2) is 36.4 Å². The van der Waals surface area contributed by atoms with E-state index in [1.807, 2.05) is 18.2 Å². The monoisotopic (exact) mass is 152 g/mol. The Morgan fingerprint density at radius 1 is 0.917 bits per heavy atom. The second-order valence-electron chi connectivity index (χ2n) is 3.02. The molecule has 12 heavy (non-hydrogen) atoms.